The minimum atomic E-state index is -0.584. The molecule has 0 aliphatic carbocycles. The third-order valence-corrected chi connectivity index (χ3v) is 4.05. The number of carbonyl (C=O) groups excluding carboxylic acids is 1. The third kappa shape index (κ3) is 2.95. The fourth-order valence-electron chi connectivity index (χ4n) is 2.69. The van der Waals surface area contributed by atoms with Gasteiger partial charge in [0.2, 0.25) is 0 Å². The highest BCUT2D eigenvalue weighted by Crippen LogP contribution is 2.36. The summed E-state index contributed by atoms with van der Waals surface area (Å²) in [6, 6.07) is 12.8. The Labute approximate surface area is 135 Å². The number of rotatable bonds is 3. The summed E-state index contributed by atoms with van der Waals surface area (Å²) in [5, 5.41) is 9.61. The molecule has 1 heterocycles. The van der Waals surface area contributed by atoms with Crippen molar-refractivity contribution < 1.29 is 14.6 Å². The number of benzene rings is 2. The minimum Gasteiger partial charge on any atom is -0.508 e. The fourth-order valence-corrected chi connectivity index (χ4v) is 2.69. The summed E-state index contributed by atoms with van der Waals surface area (Å²) < 4.78 is 5.82. The average Bonchev–Trinajstić information content (AvgIpc) is 2.52. The number of nitrogens with zero attached hydrogens (tertiary/aromatic N) is 2. The second-order valence-corrected chi connectivity index (χ2v) is 5.92. The smallest absolute Gasteiger partial charge is 0.268 e. The molecule has 2 aromatic carbocycles. The molecule has 120 valence electrons. The molecule has 0 saturated heterocycles. The summed E-state index contributed by atoms with van der Waals surface area (Å²) in [4.78, 5) is 16.1. The second-order valence-electron chi connectivity index (χ2n) is 5.92. The Bertz CT molecular complexity index is 726. The lowest BCUT2D eigenvalue weighted by Gasteiger charge is -2.32. The summed E-state index contributed by atoms with van der Waals surface area (Å²) in [5.41, 5.74) is 2.81. The van der Waals surface area contributed by atoms with Crippen LogP contribution in [-0.4, -0.2) is 38.3 Å². The number of amides is 1. The molecule has 0 saturated carbocycles. The van der Waals surface area contributed by atoms with Gasteiger partial charge in [-0.3, -0.25) is 4.79 Å². The molecule has 23 heavy (non-hydrogen) atoms. The lowest BCUT2D eigenvalue weighted by Crippen LogP contribution is -2.44. The minimum absolute atomic E-state index is 0.0834. The number of carbonyl (C=O) groups is 1. The zero-order chi connectivity index (χ0) is 16.6. The molecule has 0 radical (unpaired) electrons. The Balaban J connectivity index is 1.82. The molecule has 0 fully saturated rings. The predicted octanol–water partition coefficient (Wildman–Crippen LogP) is 2.42. The van der Waals surface area contributed by atoms with Crippen LogP contribution in [0.1, 0.15) is 5.56 Å². The van der Waals surface area contributed by atoms with E-state index in [9.17, 15) is 9.90 Å². The number of ether oxygens (including phenoxy) is 1. The van der Waals surface area contributed by atoms with Gasteiger partial charge in [0, 0.05) is 39.3 Å². The molecule has 1 atom stereocenters. The Morgan fingerprint density at radius 1 is 1.17 bits per heavy atom. The Hall–Kier alpha value is -2.69. The summed E-state index contributed by atoms with van der Waals surface area (Å²) in [6.45, 7) is 0. The molecule has 5 heteroatoms. The zero-order valence-corrected chi connectivity index (χ0v) is 13.5. The van der Waals surface area contributed by atoms with Crippen molar-refractivity contribution >= 4 is 17.3 Å². The van der Waals surface area contributed by atoms with Crippen molar-refractivity contribution in [2.75, 3.05) is 30.9 Å². The van der Waals surface area contributed by atoms with Crippen LogP contribution in [0.3, 0.4) is 0 Å². The van der Waals surface area contributed by atoms with Gasteiger partial charge < -0.3 is 19.6 Å². The first-order chi connectivity index (χ1) is 11.0. The van der Waals surface area contributed by atoms with Crippen LogP contribution in [0, 0.1) is 0 Å². The maximum atomic E-state index is 12.5. The van der Waals surface area contributed by atoms with Crippen molar-refractivity contribution in [2.45, 2.75) is 12.5 Å². The first-order valence-corrected chi connectivity index (χ1v) is 7.49. The first-order valence-electron chi connectivity index (χ1n) is 7.49. The number of hydrogen-bond acceptors (Lipinski definition) is 4. The Kier molecular flexibility index (Phi) is 3.86. The molecule has 2 aromatic rings. The highest BCUT2D eigenvalue weighted by molar-refractivity contribution is 5.99. The summed E-state index contributed by atoms with van der Waals surface area (Å²) >= 11 is 0. The maximum absolute atomic E-state index is 12.5. The van der Waals surface area contributed by atoms with E-state index in [0.29, 0.717) is 17.9 Å². The normalized spacial score (nSPS) is 16.7. The lowest BCUT2D eigenvalue weighted by molar-refractivity contribution is -0.125. The van der Waals surface area contributed by atoms with E-state index >= 15 is 0 Å². The van der Waals surface area contributed by atoms with Gasteiger partial charge in [-0.05, 0) is 29.8 Å². The number of phenols is 1. The van der Waals surface area contributed by atoms with Gasteiger partial charge in [-0.15, -0.1) is 0 Å². The molecule has 0 aromatic heterocycles. The van der Waals surface area contributed by atoms with E-state index in [2.05, 4.69) is 0 Å². The molecule has 3 rings (SSSR count). The SMILES string of the molecule is CN(C)c1ccc(CC2Oc3cc(O)ccc3N(C)C2=O)cc1. The van der Waals surface area contributed by atoms with Crippen LogP contribution in [0.4, 0.5) is 11.4 Å². The van der Waals surface area contributed by atoms with Crippen LogP contribution in [0.2, 0.25) is 0 Å². The molecular weight excluding hydrogens is 292 g/mol. The zero-order valence-electron chi connectivity index (χ0n) is 13.5. The molecule has 1 unspecified atom stereocenters. The van der Waals surface area contributed by atoms with Gasteiger partial charge in [0.15, 0.2) is 6.10 Å². The number of likely N-dealkylation sites (N-methyl/N-ethyl adjacent to an activating group) is 1. The van der Waals surface area contributed by atoms with Crippen LogP contribution in [0.25, 0.3) is 0 Å². The van der Waals surface area contributed by atoms with E-state index in [1.54, 1.807) is 30.1 Å². The topological polar surface area (TPSA) is 53.0 Å². The van der Waals surface area contributed by atoms with E-state index in [4.69, 9.17) is 4.74 Å². The van der Waals surface area contributed by atoms with Crippen molar-refractivity contribution in [1.82, 2.24) is 0 Å². The Morgan fingerprint density at radius 2 is 1.87 bits per heavy atom. The highest BCUT2D eigenvalue weighted by Gasteiger charge is 2.32. The van der Waals surface area contributed by atoms with Crippen LogP contribution < -0.4 is 14.5 Å². The van der Waals surface area contributed by atoms with Gasteiger partial charge >= 0.3 is 0 Å². The second kappa shape index (κ2) is 5.83. The average molecular weight is 312 g/mol. The molecule has 1 N–H and O–H groups in total. The molecule has 1 aliphatic rings. The third-order valence-electron chi connectivity index (χ3n) is 4.05. The summed E-state index contributed by atoms with van der Waals surface area (Å²) in [7, 11) is 5.70. The maximum Gasteiger partial charge on any atom is 0.268 e. The fraction of sp³-hybridized carbons (Fsp3) is 0.278. The van der Waals surface area contributed by atoms with Crippen molar-refractivity contribution in [3.8, 4) is 11.5 Å². The van der Waals surface area contributed by atoms with E-state index in [1.165, 1.54) is 0 Å². The van der Waals surface area contributed by atoms with Crippen molar-refractivity contribution in [2.24, 2.45) is 0 Å². The number of hydrogen-bond donors (Lipinski definition) is 1. The molecule has 1 amide bonds. The van der Waals surface area contributed by atoms with E-state index < -0.39 is 6.10 Å². The van der Waals surface area contributed by atoms with Gasteiger partial charge in [0.1, 0.15) is 11.5 Å². The van der Waals surface area contributed by atoms with E-state index in [1.807, 2.05) is 43.3 Å². The summed E-state index contributed by atoms with van der Waals surface area (Å²) in [6.07, 6.45) is -0.0917. The standard InChI is InChI=1S/C18H20N2O3/c1-19(2)13-6-4-12(5-7-13)10-17-18(22)20(3)15-9-8-14(21)11-16(15)23-17/h4-9,11,17,21H,10H2,1-3H3. The van der Waals surface area contributed by atoms with Crippen LogP contribution in [0.15, 0.2) is 42.5 Å². The number of phenolic OH excluding ortho intramolecular Hbond substituents is 1. The van der Waals surface area contributed by atoms with Gasteiger partial charge in [-0.2, -0.15) is 0 Å². The lowest BCUT2D eigenvalue weighted by atomic mass is 10.0. The molecular formula is C18H20N2O3. The quantitative estimate of drug-likeness (QED) is 0.946. The van der Waals surface area contributed by atoms with Crippen LogP contribution >= 0.6 is 0 Å². The Morgan fingerprint density at radius 3 is 2.52 bits per heavy atom. The number of aromatic hydroxyl groups is 1. The van der Waals surface area contributed by atoms with Crippen molar-refractivity contribution in [3.05, 3.63) is 48.0 Å². The first kappa shape index (κ1) is 15.2. The van der Waals surface area contributed by atoms with Gasteiger partial charge in [0.05, 0.1) is 5.69 Å². The van der Waals surface area contributed by atoms with Crippen LogP contribution in [0.5, 0.6) is 11.5 Å². The van der Waals surface area contributed by atoms with Gasteiger partial charge in [-0.1, -0.05) is 12.1 Å². The molecule has 1 aliphatic heterocycles. The van der Waals surface area contributed by atoms with E-state index in [-0.39, 0.29) is 11.7 Å². The van der Waals surface area contributed by atoms with Gasteiger partial charge in [0.25, 0.3) is 5.91 Å². The predicted molar refractivity (Wildman–Crippen MR) is 90.4 cm³/mol. The highest BCUT2D eigenvalue weighted by atomic mass is 16.5. The van der Waals surface area contributed by atoms with Gasteiger partial charge in [-0.25, -0.2) is 0 Å². The number of fused-ring (bicyclic) bond motifs is 1. The van der Waals surface area contributed by atoms with Crippen molar-refractivity contribution in [1.29, 1.82) is 0 Å². The molecule has 0 spiro atoms. The molecule has 5 nitrogen and oxygen atoms in total. The van der Waals surface area contributed by atoms with Crippen LogP contribution in [-0.2, 0) is 11.2 Å². The largest absolute Gasteiger partial charge is 0.508 e. The molecule has 0 bridgehead atoms. The summed E-state index contributed by atoms with van der Waals surface area (Å²) in [5.74, 6) is 0.572. The monoisotopic (exact) mass is 312 g/mol. The van der Waals surface area contributed by atoms with E-state index in [0.717, 1.165) is 11.3 Å². The number of anilines is 2. The van der Waals surface area contributed by atoms with Crippen molar-refractivity contribution in [3.63, 3.8) is 0 Å².